The Morgan fingerprint density at radius 1 is 1.50 bits per heavy atom. The van der Waals surface area contributed by atoms with E-state index in [1.54, 1.807) is 19.1 Å². The Bertz CT molecular complexity index is 371. The molecule has 0 heterocycles. The van der Waals surface area contributed by atoms with Crippen LogP contribution in [0.3, 0.4) is 0 Å². The lowest BCUT2D eigenvalue weighted by Gasteiger charge is -2.12. The fourth-order valence-electron chi connectivity index (χ4n) is 1.61. The van der Waals surface area contributed by atoms with Crippen molar-refractivity contribution in [3.8, 4) is 5.75 Å². The van der Waals surface area contributed by atoms with Crippen LogP contribution >= 0.6 is 0 Å². The van der Waals surface area contributed by atoms with E-state index in [-0.39, 0.29) is 17.6 Å². The molecule has 1 unspecified atom stereocenters. The van der Waals surface area contributed by atoms with Gasteiger partial charge >= 0.3 is 5.97 Å². The Morgan fingerprint density at radius 2 is 2.19 bits per heavy atom. The molecule has 3 nitrogen and oxygen atoms in total. The van der Waals surface area contributed by atoms with Crippen molar-refractivity contribution < 1.29 is 14.6 Å². The molecule has 1 atom stereocenters. The molecule has 0 aliphatic rings. The summed E-state index contributed by atoms with van der Waals surface area (Å²) in [4.78, 5) is 11.5. The highest BCUT2D eigenvalue weighted by molar-refractivity contribution is 5.72. The van der Waals surface area contributed by atoms with Crippen molar-refractivity contribution in [3.63, 3.8) is 0 Å². The van der Waals surface area contributed by atoms with E-state index in [0.29, 0.717) is 13.0 Å². The summed E-state index contributed by atoms with van der Waals surface area (Å²) in [6.45, 7) is 5.99. The Labute approximate surface area is 96.1 Å². The van der Waals surface area contributed by atoms with Gasteiger partial charge in [0.05, 0.1) is 12.5 Å². The lowest BCUT2D eigenvalue weighted by Crippen LogP contribution is -2.17. The first-order valence-corrected chi connectivity index (χ1v) is 5.49. The van der Waals surface area contributed by atoms with Crippen LogP contribution in [0.4, 0.5) is 0 Å². The van der Waals surface area contributed by atoms with Crippen molar-refractivity contribution >= 4 is 5.97 Å². The molecule has 0 bridgehead atoms. The number of rotatable bonds is 4. The van der Waals surface area contributed by atoms with E-state index in [9.17, 15) is 9.90 Å². The summed E-state index contributed by atoms with van der Waals surface area (Å²) in [7, 11) is 0. The molecule has 0 radical (unpaired) electrons. The van der Waals surface area contributed by atoms with Gasteiger partial charge < -0.3 is 9.84 Å². The topological polar surface area (TPSA) is 46.5 Å². The van der Waals surface area contributed by atoms with Crippen LogP contribution < -0.4 is 0 Å². The molecule has 16 heavy (non-hydrogen) atoms. The predicted molar refractivity (Wildman–Crippen MR) is 62.3 cm³/mol. The maximum atomic E-state index is 11.5. The first kappa shape index (κ1) is 12.6. The highest BCUT2D eigenvalue weighted by atomic mass is 16.5. The van der Waals surface area contributed by atoms with Crippen molar-refractivity contribution in [1.29, 1.82) is 0 Å². The normalized spacial score (nSPS) is 12.2. The average Bonchev–Trinajstić information content (AvgIpc) is 2.22. The SMILES string of the molecule is CCOC(=O)C(C)Cc1ccc(O)cc1C. The minimum Gasteiger partial charge on any atom is -0.508 e. The van der Waals surface area contributed by atoms with Crippen LogP contribution in [0.1, 0.15) is 25.0 Å². The number of esters is 1. The molecule has 0 amide bonds. The lowest BCUT2D eigenvalue weighted by molar-refractivity contribution is -0.147. The van der Waals surface area contributed by atoms with E-state index in [1.165, 1.54) is 0 Å². The Hall–Kier alpha value is -1.51. The third-order valence-corrected chi connectivity index (χ3v) is 2.54. The lowest BCUT2D eigenvalue weighted by atomic mass is 9.97. The van der Waals surface area contributed by atoms with Crippen molar-refractivity contribution in [2.24, 2.45) is 5.92 Å². The van der Waals surface area contributed by atoms with Crippen LogP contribution in [-0.2, 0) is 16.0 Å². The van der Waals surface area contributed by atoms with Gasteiger partial charge in [-0.25, -0.2) is 0 Å². The van der Waals surface area contributed by atoms with Crippen LogP contribution in [0.15, 0.2) is 18.2 Å². The molecule has 0 fully saturated rings. The molecule has 0 saturated heterocycles. The van der Waals surface area contributed by atoms with Gasteiger partial charge in [0.1, 0.15) is 5.75 Å². The van der Waals surface area contributed by atoms with E-state index in [0.717, 1.165) is 11.1 Å². The Balaban J connectivity index is 2.69. The number of carbonyl (C=O) groups excluding carboxylic acids is 1. The fourth-order valence-corrected chi connectivity index (χ4v) is 1.61. The molecular weight excluding hydrogens is 204 g/mol. The molecule has 88 valence electrons. The third-order valence-electron chi connectivity index (χ3n) is 2.54. The highest BCUT2D eigenvalue weighted by Gasteiger charge is 2.15. The van der Waals surface area contributed by atoms with Gasteiger partial charge in [0, 0.05) is 0 Å². The minimum absolute atomic E-state index is 0.150. The second-order valence-corrected chi connectivity index (χ2v) is 3.97. The molecule has 0 spiro atoms. The van der Waals surface area contributed by atoms with Gasteiger partial charge in [0.25, 0.3) is 0 Å². The monoisotopic (exact) mass is 222 g/mol. The Morgan fingerprint density at radius 3 is 2.75 bits per heavy atom. The number of ether oxygens (including phenoxy) is 1. The smallest absolute Gasteiger partial charge is 0.308 e. The second kappa shape index (κ2) is 5.54. The first-order valence-electron chi connectivity index (χ1n) is 5.49. The molecule has 1 aromatic carbocycles. The van der Waals surface area contributed by atoms with E-state index >= 15 is 0 Å². The Kier molecular flexibility index (Phi) is 4.35. The zero-order chi connectivity index (χ0) is 12.1. The quantitative estimate of drug-likeness (QED) is 0.796. The largest absolute Gasteiger partial charge is 0.508 e. The van der Waals surface area contributed by atoms with Crippen LogP contribution in [-0.4, -0.2) is 17.7 Å². The number of benzene rings is 1. The summed E-state index contributed by atoms with van der Waals surface area (Å²) < 4.78 is 4.95. The second-order valence-electron chi connectivity index (χ2n) is 3.97. The van der Waals surface area contributed by atoms with E-state index in [4.69, 9.17) is 4.74 Å². The van der Waals surface area contributed by atoms with Crippen LogP contribution in [0.25, 0.3) is 0 Å². The number of aromatic hydroxyl groups is 1. The van der Waals surface area contributed by atoms with Crippen LogP contribution in [0, 0.1) is 12.8 Å². The van der Waals surface area contributed by atoms with E-state index in [2.05, 4.69) is 0 Å². The van der Waals surface area contributed by atoms with Gasteiger partial charge in [0.2, 0.25) is 0 Å². The number of aryl methyl sites for hydroxylation is 1. The molecule has 0 saturated carbocycles. The number of hydrogen-bond donors (Lipinski definition) is 1. The van der Waals surface area contributed by atoms with Gasteiger partial charge in [-0.15, -0.1) is 0 Å². The van der Waals surface area contributed by atoms with Crippen molar-refractivity contribution in [2.45, 2.75) is 27.2 Å². The molecule has 1 N–H and O–H groups in total. The predicted octanol–water partition coefficient (Wildman–Crippen LogP) is 2.44. The highest BCUT2D eigenvalue weighted by Crippen LogP contribution is 2.19. The molecule has 3 heteroatoms. The summed E-state index contributed by atoms with van der Waals surface area (Å²) in [5, 5.41) is 9.27. The van der Waals surface area contributed by atoms with Gasteiger partial charge in [-0.2, -0.15) is 0 Å². The summed E-state index contributed by atoms with van der Waals surface area (Å²) in [6.07, 6.45) is 0.644. The van der Waals surface area contributed by atoms with Crippen LogP contribution in [0.2, 0.25) is 0 Å². The van der Waals surface area contributed by atoms with Crippen molar-refractivity contribution in [2.75, 3.05) is 6.61 Å². The number of phenolic OH excluding ortho intramolecular Hbond substituents is 1. The number of hydrogen-bond acceptors (Lipinski definition) is 3. The van der Waals surface area contributed by atoms with Gasteiger partial charge in [-0.1, -0.05) is 13.0 Å². The fraction of sp³-hybridized carbons (Fsp3) is 0.462. The standard InChI is InChI=1S/C13H18O3/c1-4-16-13(15)10(3)7-11-5-6-12(14)8-9(11)2/h5-6,8,10,14H,4,7H2,1-3H3. The summed E-state index contributed by atoms with van der Waals surface area (Å²) >= 11 is 0. The van der Waals surface area contributed by atoms with Gasteiger partial charge in [-0.05, 0) is 43.5 Å². The van der Waals surface area contributed by atoms with Crippen molar-refractivity contribution in [3.05, 3.63) is 29.3 Å². The maximum absolute atomic E-state index is 11.5. The van der Waals surface area contributed by atoms with Crippen LogP contribution in [0.5, 0.6) is 5.75 Å². The van der Waals surface area contributed by atoms with Gasteiger partial charge in [0.15, 0.2) is 0 Å². The van der Waals surface area contributed by atoms with E-state index < -0.39 is 0 Å². The molecule has 1 aromatic rings. The number of carbonyl (C=O) groups is 1. The first-order chi connectivity index (χ1) is 7.54. The zero-order valence-corrected chi connectivity index (χ0v) is 9.99. The average molecular weight is 222 g/mol. The third kappa shape index (κ3) is 3.26. The number of phenols is 1. The van der Waals surface area contributed by atoms with Gasteiger partial charge in [-0.3, -0.25) is 4.79 Å². The minimum atomic E-state index is -0.171. The molecular formula is C13H18O3. The molecule has 0 aliphatic heterocycles. The molecule has 0 aliphatic carbocycles. The summed E-state index contributed by atoms with van der Waals surface area (Å²) in [5.74, 6) is -0.0665. The maximum Gasteiger partial charge on any atom is 0.308 e. The molecule has 1 rings (SSSR count). The van der Waals surface area contributed by atoms with E-state index in [1.807, 2.05) is 19.9 Å². The molecule has 0 aromatic heterocycles. The van der Waals surface area contributed by atoms with Crippen molar-refractivity contribution in [1.82, 2.24) is 0 Å². The summed E-state index contributed by atoms with van der Waals surface area (Å²) in [6, 6.07) is 5.19. The summed E-state index contributed by atoms with van der Waals surface area (Å²) in [5.41, 5.74) is 2.06. The zero-order valence-electron chi connectivity index (χ0n) is 9.99.